The minimum absolute atomic E-state index is 0.215. The van der Waals surface area contributed by atoms with Crippen molar-refractivity contribution in [3.63, 3.8) is 0 Å². The van der Waals surface area contributed by atoms with Gasteiger partial charge in [-0.1, -0.05) is 34.1 Å². The smallest absolute Gasteiger partial charge is 0.279 e. The van der Waals surface area contributed by atoms with Crippen LogP contribution >= 0.6 is 23.3 Å². The predicted octanol–water partition coefficient (Wildman–Crippen LogP) is 2.60. The summed E-state index contributed by atoms with van der Waals surface area (Å²) in [5.74, 6) is 0. The average molecular weight is 356 g/mol. The van der Waals surface area contributed by atoms with Crippen LogP contribution in [-0.2, 0) is 15.7 Å². The normalized spacial score (nSPS) is 13.9. The summed E-state index contributed by atoms with van der Waals surface area (Å²) in [6.45, 7) is 1.89. The third kappa shape index (κ3) is 3.18. The molecule has 0 amide bonds. The molecule has 0 spiro atoms. The first-order valence-electron chi connectivity index (χ1n) is 6.18. The van der Waals surface area contributed by atoms with E-state index in [9.17, 15) is 9.67 Å². The fourth-order valence-corrected chi connectivity index (χ4v) is 4.55. The van der Waals surface area contributed by atoms with Gasteiger partial charge in [-0.3, -0.25) is 4.57 Å². The molecule has 0 aliphatic heterocycles. The van der Waals surface area contributed by atoms with Crippen LogP contribution in [0, 0.1) is 0 Å². The summed E-state index contributed by atoms with van der Waals surface area (Å²) >= 11 is 3.34. The second kappa shape index (κ2) is 6.64. The average Bonchev–Trinajstić information content (AvgIpc) is 2.47. The molecule has 0 saturated carbocycles. The molecule has 2 rings (SSSR count). The molecule has 1 aromatic carbocycles. The Morgan fingerprint density at radius 1 is 1.30 bits per heavy atom. The molecule has 1 atom stereocenters. The van der Waals surface area contributed by atoms with E-state index >= 15 is 0 Å². The summed E-state index contributed by atoms with van der Waals surface area (Å²) in [5.41, 5.74) is 0.786. The number of rotatable bonds is 5. The van der Waals surface area contributed by atoms with Gasteiger partial charge in [-0.15, -0.1) is 0 Å². The van der Waals surface area contributed by atoms with Gasteiger partial charge >= 0.3 is 0 Å². The van der Waals surface area contributed by atoms with Crippen LogP contribution in [0.5, 0.6) is 0 Å². The van der Waals surface area contributed by atoms with Crippen molar-refractivity contribution in [2.75, 3.05) is 6.61 Å². The molecule has 0 aliphatic carbocycles. The number of pyridine rings is 1. The van der Waals surface area contributed by atoms with E-state index < -0.39 is 7.37 Å². The van der Waals surface area contributed by atoms with Crippen molar-refractivity contribution in [2.45, 2.75) is 13.5 Å². The van der Waals surface area contributed by atoms with E-state index in [4.69, 9.17) is 4.52 Å². The Labute approximate surface area is 126 Å². The summed E-state index contributed by atoms with van der Waals surface area (Å²) in [6.07, 6.45) is 0. The van der Waals surface area contributed by atoms with Gasteiger partial charge in [0.1, 0.15) is 5.44 Å². The molecule has 1 N–H and O–H groups in total. The van der Waals surface area contributed by atoms with Crippen LogP contribution in [0.25, 0.3) is 0 Å². The maximum Gasteiger partial charge on any atom is 0.279 e. The van der Waals surface area contributed by atoms with Gasteiger partial charge in [-0.05, 0) is 31.2 Å². The third-order valence-corrected chi connectivity index (χ3v) is 5.59. The fourth-order valence-electron chi connectivity index (χ4n) is 1.85. The van der Waals surface area contributed by atoms with Crippen molar-refractivity contribution < 1.29 is 14.2 Å². The molecule has 1 heterocycles. The summed E-state index contributed by atoms with van der Waals surface area (Å²) < 4.78 is 19.5. The third-order valence-electron chi connectivity index (χ3n) is 2.70. The van der Waals surface area contributed by atoms with Crippen LogP contribution in [0.1, 0.15) is 12.6 Å². The molecular formula is C14H15BrNO3P. The predicted molar refractivity (Wildman–Crippen MR) is 82.8 cm³/mol. The highest BCUT2D eigenvalue weighted by Gasteiger charge is 2.30. The zero-order valence-corrected chi connectivity index (χ0v) is 13.5. The highest BCUT2D eigenvalue weighted by molar-refractivity contribution is 9.10. The SMILES string of the molecule is CCOP(=O)(c1ccccc1)c1cc(Br)cc(CO)n1. The van der Waals surface area contributed by atoms with Crippen LogP contribution in [0.2, 0.25) is 0 Å². The van der Waals surface area contributed by atoms with Crippen molar-refractivity contribution >= 4 is 34.0 Å². The first kappa shape index (κ1) is 15.4. The van der Waals surface area contributed by atoms with Gasteiger partial charge in [0.05, 0.1) is 18.9 Å². The van der Waals surface area contributed by atoms with E-state index in [0.29, 0.717) is 27.5 Å². The molecule has 0 aliphatic rings. The highest BCUT2D eigenvalue weighted by Crippen LogP contribution is 2.44. The van der Waals surface area contributed by atoms with Crippen molar-refractivity contribution in [1.29, 1.82) is 0 Å². The summed E-state index contributed by atoms with van der Waals surface area (Å²) in [4.78, 5) is 4.25. The van der Waals surface area contributed by atoms with Gasteiger partial charge in [0.2, 0.25) is 0 Å². The minimum atomic E-state index is -3.24. The number of aliphatic hydroxyl groups is 1. The number of benzene rings is 1. The van der Waals surface area contributed by atoms with Crippen molar-refractivity contribution in [2.24, 2.45) is 0 Å². The van der Waals surface area contributed by atoms with Crippen LogP contribution < -0.4 is 10.7 Å². The lowest BCUT2D eigenvalue weighted by atomic mass is 10.4. The lowest BCUT2D eigenvalue weighted by molar-refractivity contribution is 0.277. The summed E-state index contributed by atoms with van der Waals surface area (Å²) in [7, 11) is -3.24. The Hall–Kier alpha value is -1.00. The molecular weight excluding hydrogens is 341 g/mol. The molecule has 4 nitrogen and oxygen atoms in total. The van der Waals surface area contributed by atoms with Crippen LogP contribution in [0.3, 0.4) is 0 Å². The molecule has 0 bridgehead atoms. The molecule has 1 unspecified atom stereocenters. The number of nitrogens with zero attached hydrogens (tertiary/aromatic N) is 1. The topological polar surface area (TPSA) is 59.4 Å². The van der Waals surface area contributed by atoms with E-state index in [1.165, 1.54) is 0 Å². The van der Waals surface area contributed by atoms with Gasteiger partial charge < -0.3 is 9.63 Å². The Balaban J connectivity index is 2.59. The van der Waals surface area contributed by atoms with E-state index in [-0.39, 0.29) is 6.61 Å². The standard InChI is InChI=1S/C14H15BrNO3P/c1-2-19-20(18,13-6-4-3-5-7-13)14-9-11(15)8-12(10-17)16-14/h3-9,17H,2,10H2,1H3. The molecule has 20 heavy (non-hydrogen) atoms. The number of halogens is 1. The molecule has 6 heteroatoms. The lowest BCUT2D eigenvalue weighted by Crippen LogP contribution is -2.22. The zero-order chi connectivity index (χ0) is 14.6. The number of hydrogen-bond donors (Lipinski definition) is 1. The Kier molecular flexibility index (Phi) is 5.11. The second-order valence-electron chi connectivity index (χ2n) is 4.10. The van der Waals surface area contributed by atoms with E-state index in [0.717, 1.165) is 0 Å². The number of hydrogen-bond acceptors (Lipinski definition) is 4. The van der Waals surface area contributed by atoms with Gasteiger partial charge in [-0.25, -0.2) is 4.98 Å². The van der Waals surface area contributed by atoms with E-state index in [1.54, 1.807) is 31.2 Å². The molecule has 0 saturated heterocycles. The first-order chi connectivity index (χ1) is 9.60. The first-order valence-corrected chi connectivity index (χ1v) is 8.60. The Bertz CT molecular complexity index is 634. The molecule has 1 aromatic heterocycles. The van der Waals surface area contributed by atoms with Crippen LogP contribution in [0.4, 0.5) is 0 Å². The second-order valence-corrected chi connectivity index (χ2v) is 7.35. The van der Waals surface area contributed by atoms with Crippen molar-refractivity contribution in [1.82, 2.24) is 4.98 Å². The molecule has 0 radical (unpaired) electrons. The highest BCUT2D eigenvalue weighted by atomic mass is 79.9. The maximum atomic E-state index is 13.2. The summed E-state index contributed by atoms with van der Waals surface area (Å²) in [5, 5.41) is 9.83. The minimum Gasteiger partial charge on any atom is -0.390 e. The quantitative estimate of drug-likeness (QED) is 0.837. The van der Waals surface area contributed by atoms with Gasteiger partial charge in [0.25, 0.3) is 7.37 Å². The lowest BCUT2D eigenvalue weighted by Gasteiger charge is -2.18. The van der Waals surface area contributed by atoms with Gasteiger partial charge in [-0.2, -0.15) is 0 Å². The van der Waals surface area contributed by atoms with Crippen molar-refractivity contribution in [3.8, 4) is 0 Å². The zero-order valence-electron chi connectivity index (χ0n) is 11.0. The summed E-state index contributed by atoms with van der Waals surface area (Å²) in [6, 6.07) is 12.4. The number of aromatic nitrogens is 1. The molecule has 2 aromatic rings. The van der Waals surface area contributed by atoms with E-state index in [1.807, 2.05) is 18.2 Å². The Morgan fingerprint density at radius 2 is 2.00 bits per heavy atom. The number of aliphatic hydroxyl groups excluding tert-OH is 1. The maximum absolute atomic E-state index is 13.2. The van der Waals surface area contributed by atoms with Gasteiger partial charge in [0, 0.05) is 9.78 Å². The fraction of sp³-hybridized carbons (Fsp3) is 0.214. The largest absolute Gasteiger partial charge is 0.390 e. The molecule has 0 fully saturated rings. The van der Waals surface area contributed by atoms with Crippen molar-refractivity contribution in [3.05, 3.63) is 52.6 Å². The monoisotopic (exact) mass is 355 g/mol. The van der Waals surface area contributed by atoms with E-state index in [2.05, 4.69) is 20.9 Å². The van der Waals surface area contributed by atoms with Crippen LogP contribution in [0.15, 0.2) is 46.9 Å². The Morgan fingerprint density at radius 3 is 2.60 bits per heavy atom. The van der Waals surface area contributed by atoms with Crippen LogP contribution in [-0.4, -0.2) is 16.7 Å². The molecule has 106 valence electrons. The van der Waals surface area contributed by atoms with Gasteiger partial charge in [0.15, 0.2) is 0 Å².